The van der Waals surface area contributed by atoms with Gasteiger partial charge in [-0.05, 0) is 110 Å². The van der Waals surface area contributed by atoms with Gasteiger partial charge in [-0.2, -0.15) is 0 Å². The molecule has 6 rings (SSSR count). The van der Waals surface area contributed by atoms with Gasteiger partial charge in [0.25, 0.3) is 5.91 Å². The molecule has 1 saturated carbocycles. The highest BCUT2D eigenvalue weighted by molar-refractivity contribution is 6.14. The third kappa shape index (κ3) is 5.15. The number of rotatable bonds is 5. The lowest BCUT2D eigenvalue weighted by molar-refractivity contribution is 0.0670. The van der Waals surface area contributed by atoms with E-state index in [4.69, 9.17) is 4.42 Å². The number of hydrogen-bond acceptors (Lipinski definition) is 3. The number of benzene rings is 3. The number of furan rings is 1. The average molecular weight is 553 g/mol. The van der Waals surface area contributed by atoms with Crippen LogP contribution < -0.4 is 0 Å². The monoisotopic (exact) mass is 552 g/mol. The third-order valence-corrected chi connectivity index (χ3v) is 9.43. The number of amides is 1. The Morgan fingerprint density at radius 1 is 1.12 bits per heavy atom. The Labute approximate surface area is 238 Å². The number of nitrogens with zero attached hydrogens (tertiary/aromatic N) is 1. The van der Waals surface area contributed by atoms with Gasteiger partial charge in [0.15, 0.2) is 0 Å². The van der Waals surface area contributed by atoms with Crippen molar-refractivity contribution >= 4 is 27.1 Å². The molecule has 2 aliphatic rings. The molecule has 205 valence electrons. The molecule has 1 aliphatic heterocycles. The van der Waals surface area contributed by atoms with Crippen LogP contribution in [0.1, 0.15) is 78.2 Å². The predicted molar refractivity (Wildman–Crippen MR) is 157 cm³/mol. The molecule has 1 atom stereocenters. The zero-order chi connectivity index (χ0) is 28.0. The Balaban J connectivity index is 1.25. The van der Waals surface area contributed by atoms with Crippen LogP contribution in [-0.2, 0) is 19.3 Å². The smallest absolute Gasteiger partial charge is 0.254 e. The summed E-state index contributed by atoms with van der Waals surface area (Å²) in [5.41, 5.74) is 6.19. The summed E-state index contributed by atoms with van der Waals surface area (Å²) < 4.78 is 21.6. The van der Waals surface area contributed by atoms with Crippen LogP contribution in [0.15, 0.2) is 65.1 Å². The van der Waals surface area contributed by atoms with E-state index in [1.54, 1.807) is 12.1 Å². The summed E-state index contributed by atoms with van der Waals surface area (Å²) in [4.78, 5) is 15.7. The number of halogens is 1. The van der Waals surface area contributed by atoms with Crippen molar-refractivity contribution in [3.05, 3.63) is 94.3 Å². The standard InChI is InChI=1S/C34H35FNO3Si/c1-3-24-18-27(33(37)36-15-12-25-6-4-5-7-28(25)21(36)2)19-26-20-31(39-32(24)26)29-9-8-23(17-30(29)35)16-22-10-13-34(38,40)14-11-22/h4-9,17-22,38H,3,10-16H2,1-2H3/t21-,22?,34?/m1/s1. The molecule has 0 unspecified atom stereocenters. The highest BCUT2D eigenvalue weighted by Crippen LogP contribution is 2.36. The number of aryl methyl sites for hydroxylation is 1. The van der Waals surface area contributed by atoms with Crippen molar-refractivity contribution in [3.63, 3.8) is 0 Å². The van der Waals surface area contributed by atoms with Crippen molar-refractivity contribution in [2.75, 3.05) is 6.54 Å². The van der Waals surface area contributed by atoms with E-state index in [1.165, 1.54) is 11.1 Å². The summed E-state index contributed by atoms with van der Waals surface area (Å²) in [5.74, 6) is 0.615. The van der Waals surface area contributed by atoms with Gasteiger partial charge < -0.3 is 14.4 Å². The second-order valence-corrected chi connectivity index (χ2v) is 12.6. The Morgan fingerprint density at radius 3 is 2.65 bits per heavy atom. The molecule has 0 saturated heterocycles. The van der Waals surface area contributed by atoms with E-state index in [2.05, 4.69) is 35.4 Å². The van der Waals surface area contributed by atoms with Crippen molar-refractivity contribution in [1.82, 2.24) is 4.90 Å². The van der Waals surface area contributed by atoms with Gasteiger partial charge in [0, 0.05) is 22.7 Å². The lowest BCUT2D eigenvalue weighted by Gasteiger charge is -2.35. The minimum atomic E-state index is -0.758. The molecule has 1 amide bonds. The largest absolute Gasteiger partial charge is 0.456 e. The van der Waals surface area contributed by atoms with Gasteiger partial charge in [0.05, 0.1) is 21.8 Å². The summed E-state index contributed by atoms with van der Waals surface area (Å²) >= 11 is 0. The molecule has 0 spiro atoms. The van der Waals surface area contributed by atoms with Crippen molar-refractivity contribution in [1.29, 1.82) is 0 Å². The second-order valence-electron chi connectivity index (χ2n) is 11.6. The van der Waals surface area contributed by atoms with Crippen LogP contribution in [-0.4, -0.2) is 37.9 Å². The molecule has 40 heavy (non-hydrogen) atoms. The minimum Gasteiger partial charge on any atom is -0.456 e. The number of hydrogen-bond donors (Lipinski definition) is 1. The van der Waals surface area contributed by atoms with E-state index in [0.29, 0.717) is 54.2 Å². The van der Waals surface area contributed by atoms with Gasteiger partial charge in [-0.25, -0.2) is 4.39 Å². The van der Waals surface area contributed by atoms with E-state index in [9.17, 15) is 9.90 Å². The van der Waals surface area contributed by atoms with Crippen molar-refractivity contribution in [2.24, 2.45) is 5.92 Å². The van der Waals surface area contributed by atoms with E-state index < -0.39 is 5.22 Å². The predicted octanol–water partition coefficient (Wildman–Crippen LogP) is 7.15. The highest BCUT2D eigenvalue weighted by atomic mass is 28.1. The molecule has 1 fully saturated rings. The number of carbonyl (C=O) groups excluding carboxylic acids is 1. The first-order valence-corrected chi connectivity index (χ1v) is 14.9. The molecule has 4 aromatic rings. The van der Waals surface area contributed by atoms with Crippen LogP contribution in [0.2, 0.25) is 0 Å². The van der Waals surface area contributed by atoms with E-state index in [1.807, 2.05) is 42.2 Å². The van der Waals surface area contributed by atoms with Gasteiger partial charge >= 0.3 is 0 Å². The quantitative estimate of drug-likeness (QED) is 0.268. The van der Waals surface area contributed by atoms with Crippen molar-refractivity contribution in [2.45, 2.75) is 70.1 Å². The highest BCUT2D eigenvalue weighted by Gasteiger charge is 2.30. The molecule has 1 N–H and O–H groups in total. The molecule has 1 aromatic heterocycles. The average Bonchev–Trinajstić information content (AvgIpc) is 3.38. The first-order valence-electron chi connectivity index (χ1n) is 14.4. The van der Waals surface area contributed by atoms with Crippen molar-refractivity contribution in [3.8, 4) is 11.3 Å². The molecule has 6 heteroatoms. The fourth-order valence-electron chi connectivity index (χ4n) is 6.54. The molecule has 4 nitrogen and oxygen atoms in total. The lowest BCUT2D eigenvalue weighted by atomic mass is 9.83. The maximum Gasteiger partial charge on any atom is 0.254 e. The van der Waals surface area contributed by atoms with E-state index >= 15 is 4.39 Å². The van der Waals surface area contributed by atoms with Crippen LogP contribution >= 0.6 is 0 Å². The summed E-state index contributed by atoms with van der Waals surface area (Å²) in [6.45, 7) is 4.82. The molecular weight excluding hydrogens is 517 g/mol. The van der Waals surface area contributed by atoms with Crippen LogP contribution in [0.25, 0.3) is 22.3 Å². The first-order chi connectivity index (χ1) is 19.2. The van der Waals surface area contributed by atoms with Gasteiger partial charge in [-0.3, -0.25) is 4.79 Å². The fraction of sp³-hybridized carbons (Fsp3) is 0.382. The van der Waals surface area contributed by atoms with Gasteiger partial charge in [0.1, 0.15) is 17.2 Å². The Kier molecular flexibility index (Phi) is 7.17. The normalized spacial score (nSPS) is 22.9. The molecular formula is C34H35FNO3Si. The summed E-state index contributed by atoms with van der Waals surface area (Å²) in [6, 6.07) is 19.4. The topological polar surface area (TPSA) is 53.7 Å². The number of fused-ring (bicyclic) bond motifs is 2. The van der Waals surface area contributed by atoms with Gasteiger partial charge in [-0.15, -0.1) is 0 Å². The molecule has 3 radical (unpaired) electrons. The zero-order valence-corrected chi connectivity index (χ0v) is 24.2. The molecule has 2 heterocycles. The van der Waals surface area contributed by atoms with Crippen molar-refractivity contribution < 1.29 is 18.7 Å². The lowest BCUT2D eigenvalue weighted by Crippen LogP contribution is -2.38. The Morgan fingerprint density at radius 2 is 1.90 bits per heavy atom. The number of carbonyl (C=O) groups is 1. The second kappa shape index (κ2) is 10.6. The van der Waals surface area contributed by atoms with Gasteiger partial charge in [-0.1, -0.05) is 37.3 Å². The molecule has 3 aromatic carbocycles. The van der Waals surface area contributed by atoms with E-state index in [0.717, 1.165) is 42.2 Å². The number of aliphatic hydroxyl groups is 1. The third-order valence-electron chi connectivity index (χ3n) is 8.93. The fourth-order valence-corrected chi connectivity index (χ4v) is 6.83. The maximum absolute atomic E-state index is 15.4. The van der Waals surface area contributed by atoms with Crippen LogP contribution in [0.5, 0.6) is 0 Å². The zero-order valence-electron chi connectivity index (χ0n) is 23.2. The minimum absolute atomic E-state index is 0.00455. The SMILES string of the molecule is CCc1cc(C(=O)N2CCc3ccccc3[C@H]2C)cc2cc(-c3ccc(CC4CCC(O)([Si])CC4)cc3F)oc12. The van der Waals surface area contributed by atoms with Crippen LogP contribution in [0.3, 0.4) is 0 Å². The summed E-state index contributed by atoms with van der Waals surface area (Å²) in [6.07, 6.45) is 5.59. The molecule has 1 aliphatic carbocycles. The van der Waals surface area contributed by atoms with Crippen LogP contribution in [0.4, 0.5) is 4.39 Å². The molecule has 0 bridgehead atoms. The van der Waals surface area contributed by atoms with E-state index in [-0.39, 0.29) is 17.8 Å². The van der Waals surface area contributed by atoms with Crippen LogP contribution in [0, 0.1) is 11.7 Å². The summed E-state index contributed by atoms with van der Waals surface area (Å²) in [5, 5.41) is 10.2. The first kappa shape index (κ1) is 27.0. The summed E-state index contributed by atoms with van der Waals surface area (Å²) in [7, 11) is 3.44. The Hall–Kier alpha value is -3.22. The van der Waals surface area contributed by atoms with Gasteiger partial charge in [0.2, 0.25) is 0 Å². The maximum atomic E-state index is 15.4. The Bertz CT molecular complexity index is 1560.